The number of carbonyl (C=O) groups is 6. The minimum atomic E-state index is -2.00. The molecule has 1 unspecified atom stereocenters. The SMILES string of the molecule is CC[C@@]1(O)C(=O)OCc2c1cc1n(c2=O)Cc2c-1nc1ccc(OC)cc1c2CNC(=O)CNC(=O)[C@H](Cc1ccccc1)NC(=O)CNC(=O)CNC(=O)COC1C#CCCCCC1. The second kappa shape index (κ2) is 20.6. The van der Waals surface area contributed by atoms with E-state index in [0.29, 0.717) is 39.2 Å². The van der Waals surface area contributed by atoms with Crippen molar-refractivity contribution in [1.82, 2.24) is 36.1 Å². The number of esters is 1. The van der Waals surface area contributed by atoms with Gasteiger partial charge in [-0.25, -0.2) is 9.78 Å². The Balaban J connectivity index is 0.980. The predicted octanol–water partition coefficient (Wildman–Crippen LogP) is 1.13. The number of aliphatic hydroxyl groups is 1. The molecule has 5 amide bonds. The maximum Gasteiger partial charge on any atom is 0.343 e. The van der Waals surface area contributed by atoms with E-state index in [1.807, 2.05) is 0 Å². The normalized spacial score (nSPS) is 17.6. The zero-order chi connectivity index (χ0) is 46.1. The quantitative estimate of drug-likeness (QED) is 0.0569. The molecular formula is C47H51N7O11. The monoisotopic (exact) mass is 889 g/mol. The first-order chi connectivity index (χ1) is 31.4. The number of rotatable bonds is 17. The number of cyclic esters (lactones) is 1. The summed E-state index contributed by atoms with van der Waals surface area (Å²) in [6.45, 7) is -0.219. The average molecular weight is 890 g/mol. The molecule has 4 heterocycles. The number of benzene rings is 2. The highest BCUT2D eigenvalue weighted by molar-refractivity contribution is 5.94. The Bertz CT molecular complexity index is 2640. The molecule has 18 nitrogen and oxygen atoms in total. The van der Waals surface area contributed by atoms with Gasteiger partial charge in [0.2, 0.25) is 29.5 Å². The molecule has 3 aliphatic rings. The van der Waals surface area contributed by atoms with Gasteiger partial charge < -0.3 is 50.5 Å². The summed E-state index contributed by atoms with van der Waals surface area (Å²) < 4.78 is 17.8. The fourth-order valence-corrected chi connectivity index (χ4v) is 8.06. The molecule has 0 fully saturated rings. The third kappa shape index (κ3) is 10.6. The molecule has 6 N–H and O–H groups in total. The van der Waals surface area contributed by atoms with Crippen molar-refractivity contribution in [1.29, 1.82) is 0 Å². The topological polar surface area (TPSA) is 245 Å². The van der Waals surface area contributed by atoms with E-state index in [0.717, 1.165) is 37.7 Å². The number of hydrogen-bond acceptors (Lipinski definition) is 12. The first-order valence-corrected chi connectivity index (χ1v) is 21.6. The van der Waals surface area contributed by atoms with Crippen LogP contribution in [0.5, 0.6) is 5.75 Å². The molecule has 0 spiro atoms. The van der Waals surface area contributed by atoms with Gasteiger partial charge >= 0.3 is 5.97 Å². The number of hydrogen-bond donors (Lipinski definition) is 6. The van der Waals surface area contributed by atoms with Crippen molar-refractivity contribution in [3.05, 3.63) is 92.8 Å². The molecule has 65 heavy (non-hydrogen) atoms. The highest BCUT2D eigenvalue weighted by Gasteiger charge is 2.45. The molecule has 0 bridgehead atoms. The summed E-state index contributed by atoms with van der Waals surface area (Å²) >= 11 is 0. The van der Waals surface area contributed by atoms with E-state index >= 15 is 0 Å². The summed E-state index contributed by atoms with van der Waals surface area (Å²) in [6.07, 6.45) is 4.30. The minimum Gasteiger partial charge on any atom is -0.497 e. The summed E-state index contributed by atoms with van der Waals surface area (Å²) in [4.78, 5) is 96.3. The van der Waals surface area contributed by atoms with Crippen LogP contribution in [-0.2, 0) is 70.0 Å². The molecule has 1 aliphatic carbocycles. The summed E-state index contributed by atoms with van der Waals surface area (Å²) in [5, 5.41) is 24.9. The van der Waals surface area contributed by atoms with Crippen molar-refractivity contribution in [2.45, 2.75) is 89.3 Å². The number of pyridine rings is 2. The summed E-state index contributed by atoms with van der Waals surface area (Å²) in [7, 11) is 1.52. The van der Waals surface area contributed by atoms with E-state index in [4.69, 9.17) is 19.2 Å². The average Bonchev–Trinajstić information content (AvgIpc) is 3.67. The van der Waals surface area contributed by atoms with Gasteiger partial charge in [-0.3, -0.25) is 28.8 Å². The number of carbonyl (C=O) groups excluding carboxylic acids is 6. The predicted molar refractivity (Wildman–Crippen MR) is 235 cm³/mol. The number of nitrogens with one attached hydrogen (secondary N) is 5. The molecule has 340 valence electrons. The third-order valence-electron chi connectivity index (χ3n) is 11.7. The van der Waals surface area contributed by atoms with E-state index < -0.39 is 72.3 Å². The molecule has 0 saturated heterocycles. The number of nitrogens with zero attached hydrogens (tertiary/aromatic N) is 2. The zero-order valence-electron chi connectivity index (χ0n) is 36.2. The number of ether oxygens (including phenoxy) is 3. The van der Waals surface area contributed by atoms with Crippen LogP contribution >= 0.6 is 0 Å². The van der Waals surface area contributed by atoms with Gasteiger partial charge in [0, 0.05) is 35.9 Å². The second-order valence-corrected chi connectivity index (χ2v) is 16.0. The minimum absolute atomic E-state index is 0.0126. The van der Waals surface area contributed by atoms with Gasteiger partial charge in [0.05, 0.1) is 55.8 Å². The summed E-state index contributed by atoms with van der Waals surface area (Å²) in [5.74, 6) is 2.73. The lowest BCUT2D eigenvalue weighted by molar-refractivity contribution is -0.172. The molecule has 0 radical (unpaired) electrons. The maximum atomic E-state index is 13.9. The standard InChI is InChI=1S/C47H51N7O11/c1-3-47(62)35-20-38-43-33(25-54(38)45(60)34(35)26-65-46(47)61)32(31-19-30(63-2)16-17-36(31)53-43)21-48-40(56)23-51-44(59)37(18-28-12-8-7-9-13-28)52-41(57)24-49-39(55)22-50-42(58)27-64-29-14-10-5-4-6-11-15-29/h7-9,12-13,16-17,19-20,29,37,62H,3-6,10,14,18,21-27H2,1-2H3,(H,48,56)(H,49,55)(H,50,58)(H,51,59)(H,52,57)/t29?,37-,47-/m0/s1. The van der Waals surface area contributed by atoms with Gasteiger partial charge in [-0.05, 0) is 61.1 Å². The van der Waals surface area contributed by atoms with E-state index in [9.17, 15) is 38.7 Å². The molecule has 3 atom stereocenters. The van der Waals surface area contributed by atoms with Crippen LogP contribution < -0.4 is 36.9 Å². The van der Waals surface area contributed by atoms with Gasteiger partial charge in [0.25, 0.3) is 5.56 Å². The highest BCUT2D eigenvalue weighted by Crippen LogP contribution is 2.40. The van der Waals surface area contributed by atoms with E-state index in [1.165, 1.54) is 11.7 Å². The van der Waals surface area contributed by atoms with Crippen LogP contribution in [0.15, 0.2) is 59.4 Å². The van der Waals surface area contributed by atoms with Crippen LogP contribution in [0, 0.1) is 11.8 Å². The Kier molecular flexibility index (Phi) is 14.6. The van der Waals surface area contributed by atoms with Crippen molar-refractivity contribution in [3.63, 3.8) is 0 Å². The van der Waals surface area contributed by atoms with E-state index in [2.05, 4.69) is 38.4 Å². The number of aromatic nitrogens is 2. The van der Waals surface area contributed by atoms with Crippen LogP contribution in [-0.4, -0.2) is 95.7 Å². The van der Waals surface area contributed by atoms with Crippen LogP contribution in [0.4, 0.5) is 0 Å². The van der Waals surface area contributed by atoms with Gasteiger partial charge in [-0.2, -0.15) is 0 Å². The van der Waals surface area contributed by atoms with Crippen molar-refractivity contribution in [2.24, 2.45) is 0 Å². The Morgan fingerprint density at radius 2 is 1.68 bits per heavy atom. The smallest absolute Gasteiger partial charge is 0.343 e. The Hall–Kier alpha value is -7.10. The largest absolute Gasteiger partial charge is 0.497 e. The number of fused-ring (bicyclic) bond motifs is 5. The molecule has 7 rings (SSSR count). The fraction of sp³-hybridized carbons (Fsp3) is 0.404. The molecule has 2 aliphatic heterocycles. The van der Waals surface area contributed by atoms with Crippen LogP contribution in [0.25, 0.3) is 22.3 Å². The van der Waals surface area contributed by atoms with Crippen LogP contribution in [0.1, 0.15) is 73.3 Å². The Morgan fingerprint density at radius 3 is 2.46 bits per heavy atom. The van der Waals surface area contributed by atoms with Crippen LogP contribution in [0.2, 0.25) is 0 Å². The Morgan fingerprint density at radius 1 is 0.923 bits per heavy atom. The highest BCUT2D eigenvalue weighted by atomic mass is 16.6. The van der Waals surface area contributed by atoms with Gasteiger partial charge in [0.1, 0.15) is 31.1 Å². The molecule has 18 heteroatoms. The van der Waals surface area contributed by atoms with E-state index in [-0.39, 0.29) is 56.4 Å². The number of methoxy groups -OCH3 is 1. The van der Waals surface area contributed by atoms with Gasteiger partial charge in [0.15, 0.2) is 5.60 Å². The third-order valence-corrected chi connectivity index (χ3v) is 11.7. The first-order valence-electron chi connectivity index (χ1n) is 21.6. The Labute approximate surface area is 374 Å². The summed E-state index contributed by atoms with van der Waals surface area (Å²) in [5.41, 5.74) is 1.28. The van der Waals surface area contributed by atoms with E-state index in [1.54, 1.807) is 61.5 Å². The maximum absolute atomic E-state index is 13.9. The van der Waals surface area contributed by atoms with Crippen molar-refractivity contribution in [3.8, 4) is 29.0 Å². The fourth-order valence-electron chi connectivity index (χ4n) is 8.06. The van der Waals surface area contributed by atoms with Gasteiger partial charge in [-0.1, -0.05) is 49.6 Å². The zero-order valence-corrected chi connectivity index (χ0v) is 36.2. The summed E-state index contributed by atoms with van der Waals surface area (Å²) in [6, 6.07) is 14.7. The first kappa shape index (κ1) is 45.9. The molecular weight excluding hydrogens is 839 g/mol. The number of amides is 5. The molecule has 4 aromatic rings. The van der Waals surface area contributed by atoms with Crippen molar-refractivity contribution in [2.75, 3.05) is 33.4 Å². The van der Waals surface area contributed by atoms with Crippen molar-refractivity contribution < 1.29 is 48.1 Å². The lowest BCUT2D eigenvalue weighted by atomic mass is 9.86. The lowest BCUT2D eigenvalue weighted by Crippen LogP contribution is -2.52. The van der Waals surface area contributed by atoms with Crippen LogP contribution in [0.3, 0.4) is 0 Å². The lowest BCUT2D eigenvalue weighted by Gasteiger charge is -2.31. The second-order valence-electron chi connectivity index (χ2n) is 16.0. The molecule has 2 aromatic carbocycles. The molecule has 2 aromatic heterocycles. The van der Waals surface area contributed by atoms with Gasteiger partial charge in [-0.15, -0.1) is 5.92 Å². The molecule has 0 saturated carbocycles. The van der Waals surface area contributed by atoms with Crippen molar-refractivity contribution >= 4 is 46.4 Å².